The SMILES string of the molecule is Cc1cc(C)c(NC(=O)N2CCOCC2)c(C)c1. The highest BCUT2D eigenvalue weighted by Gasteiger charge is 2.18. The highest BCUT2D eigenvalue weighted by atomic mass is 16.5. The van der Waals surface area contributed by atoms with Gasteiger partial charge in [0.15, 0.2) is 0 Å². The van der Waals surface area contributed by atoms with E-state index in [0.717, 1.165) is 16.8 Å². The first-order valence-electron chi connectivity index (χ1n) is 6.29. The quantitative estimate of drug-likeness (QED) is 0.829. The van der Waals surface area contributed by atoms with E-state index in [1.165, 1.54) is 5.56 Å². The zero-order valence-corrected chi connectivity index (χ0v) is 11.2. The van der Waals surface area contributed by atoms with Crippen LogP contribution in [0.4, 0.5) is 10.5 Å². The lowest BCUT2D eigenvalue weighted by molar-refractivity contribution is 0.0564. The Labute approximate surface area is 108 Å². The number of anilines is 1. The number of hydrogen-bond donors (Lipinski definition) is 1. The number of nitrogens with zero attached hydrogens (tertiary/aromatic N) is 1. The Hall–Kier alpha value is -1.55. The van der Waals surface area contributed by atoms with E-state index < -0.39 is 0 Å². The Kier molecular flexibility index (Phi) is 3.87. The molecule has 0 bridgehead atoms. The van der Waals surface area contributed by atoms with Crippen molar-refractivity contribution in [2.45, 2.75) is 20.8 Å². The number of morpholine rings is 1. The zero-order valence-electron chi connectivity index (χ0n) is 11.2. The molecule has 0 aromatic heterocycles. The maximum atomic E-state index is 12.1. The third-order valence-corrected chi connectivity index (χ3v) is 3.21. The van der Waals surface area contributed by atoms with Crippen LogP contribution < -0.4 is 5.32 Å². The lowest BCUT2D eigenvalue weighted by Crippen LogP contribution is -2.43. The van der Waals surface area contributed by atoms with Gasteiger partial charge in [0.2, 0.25) is 0 Å². The highest BCUT2D eigenvalue weighted by Crippen LogP contribution is 2.22. The third-order valence-electron chi connectivity index (χ3n) is 3.21. The topological polar surface area (TPSA) is 41.6 Å². The lowest BCUT2D eigenvalue weighted by atomic mass is 10.1. The van der Waals surface area contributed by atoms with Gasteiger partial charge < -0.3 is 15.0 Å². The number of carbonyl (C=O) groups excluding carboxylic acids is 1. The van der Waals surface area contributed by atoms with Crippen molar-refractivity contribution in [1.82, 2.24) is 4.90 Å². The number of ether oxygens (including phenoxy) is 1. The van der Waals surface area contributed by atoms with Gasteiger partial charge in [0.25, 0.3) is 0 Å². The summed E-state index contributed by atoms with van der Waals surface area (Å²) >= 11 is 0. The molecule has 0 saturated carbocycles. The molecule has 0 aliphatic carbocycles. The number of amides is 2. The van der Waals surface area contributed by atoms with Gasteiger partial charge in [0.1, 0.15) is 0 Å². The molecule has 98 valence electrons. The van der Waals surface area contributed by atoms with Crippen molar-refractivity contribution in [1.29, 1.82) is 0 Å². The summed E-state index contributed by atoms with van der Waals surface area (Å²) in [6.07, 6.45) is 0. The molecule has 1 fully saturated rings. The molecule has 2 rings (SSSR count). The smallest absolute Gasteiger partial charge is 0.322 e. The van der Waals surface area contributed by atoms with Crippen LogP contribution in [0, 0.1) is 20.8 Å². The first-order chi connectivity index (χ1) is 8.58. The van der Waals surface area contributed by atoms with E-state index in [4.69, 9.17) is 4.74 Å². The van der Waals surface area contributed by atoms with E-state index in [0.29, 0.717) is 26.3 Å². The molecule has 2 amide bonds. The molecular formula is C14H20N2O2. The summed E-state index contributed by atoms with van der Waals surface area (Å²) in [6.45, 7) is 8.68. The second kappa shape index (κ2) is 5.40. The molecule has 1 aromatic rings. The van der Waals surface area contributed by atoms with Crippen LogP contribution in [0.2, 0.25) is 0 Å². The molecule has 1 N–H and O–H groups in total. The summed E-state index contributed by atoms with van der Waals surface area (Å²) in [7, 11) is 0. The Bertz CT molecular complexity index is 428. The Balaban J connectivity index is 2.11. The average molecular weight is 248 g/mol. The first-order valence-corrected chi connectivity index (χ1v) is 6.29. The van der Waals surface area contributed by atoms with E-state index in [-0.39, 0.29) is 6.03 Å². The number of urea groups is 1. The van der Waals surface area contributed by atoms with Crippen molar-refractivity contribution in [2.24, 2.45) is 0 Å². The number of aryl methyl sites for hydroxylation is 3. The number of carbonyl (C=O) groups is 1. The summed E-state index contributed by atoms with van der Waals surface area (Å²) in [4.78, 5) is 13.9. The van der Waals surface area contributed by atoms with Crippen LogP contribution in [0.25, 0.3) is 0 Å². The summed E-state index contributed by atoms with van der Waals surface area (Å²) in [6, 6.07) is 4.14. The molecule has 4 nitrogen and oxygen atoms in total. The number of hydrogen-bond acceptors (Lipinski definition) is 2. The molecule has 1 heterocycles. The van der Waals surface area contributed by atoms with E-state index in [1.807, 2.05) is 13.8 Å². The van der Waals surface area contributed by atoms with Crippen LogP contribution in [-0.4, -0.2) is 37.2 Å². The first kappa shape index (κ1) is 12.9. The minimum absolute atomic E-state index is 0.0339. The van der Waals surface area contributed by atoms with E-state index >= 15 is 0 Å². The van der Waals surface area contributed by atoms with Gasteiger partial charge in [-0.25, -0.2) is 4.79 Å². The van der Waals surface area contributed by atoms with Gasteiger partial charge in [-0.2, -0.15) is 0 Å². The molecule has 1 aliphatic heterocycles. The zero-order chi connectivity index (χ0) is 13.1. The Morgan fingerprint density at radius 2 is 1.72 bits per heavy atom. The maximum absolute atomic E-state index is 12.1. The summed E-state index contributed by atoms with van der Waals surface area (Å²) < 4.78 is 5.24. The van der Waals surface area contributed by atoms with E-state index in [1.54, 1.807) is 4.90 Å². The predicted molar refractivity (Wildman–Crippen MR) is 72.1 cm³/mol. The van der Waals surface area contributed by atoms with E-state index in [2.05, 4.69) is 24.4 Å². The second-order valence-corrected chi connectivity index (χ2v) is 4.80. The number of benzene rings is 1. The molecular weight excluding hydrogens is 228 g/mol. The van der Waals surface area contributed by atoms with Crippen LogP contribution in [0.3, 0.4) is 0 Å². The fourth-order valence-corrected chi connectivity index (χ4v) is 2.33. The minimum atomic E-state index is -0.0339. The van der Waals surface area contributed by atoms with E-state index in [9.17, 15) is 4.79 Å². The second-order valence-electron chi connectivity index (χ2n) is 4.80. The lowest BCUT2D eigenvalue weighted by Gasteiger charge is -2.27. The minimum Gasteiger partial charge on any atom is -0.378 e. The molecule has 0 atom stereocenters. The van der Waals surface area contributed by atoms with Crippen molar-refractivity contribution in [2.75, 3.05) is 31.6 Å². The van der Waals surface area contributed by atoms with Crippen molar-refractivity contribution in [3.8, 4) is 0 Å². The van der Waals surface area contributed by atoms with Gasteiger partial charge in [0.05, 0.1) is 13.2 Å². The average Bonchev–Trinajstić information content (AvgIpc) is 2.34. The standard InChI is InChI=1S/C14H20N2O2/c1-10-8-11(2)13(12(3)9-10)15-14(17)16-4-6-18-7-5-16/h8-9H,4-7H2,1-3H3,(H,15,17). The Morgan fingerprint density at radius 1 is 1.17 bits per heavy atom. The highest BCUT2D eigenvalue weighted by molar-refractivity contribution is 5.91. The number of nitrogens with one attached hydrogen (secondary N) is 1. The van der Waals surface area contributed by atoms with Gasteiger partial charge in [-0.1, -0.05) is 17.7 Å². The normalized spacial score (nSPS) is 15.6. The molecule has 18 heavy (non-hydrogen) atoms. The fraction of sp³-hybridized carbons (Fsp3) is 0.500. The van der Waals surface area contributed by atoms with Crippen LogP contribution in [0.5, 0.6) is 0 Å². The molecule has 0 unspecified atom stereocenters. The van der Waals surface area contributed by atoms with Gasteiger partial charge in [-0.3, -0.25) is 0 Å². The van der Waals surface area contributed by atoms with Crippen LogP contribution in [0.15, 0.2) is 12.1 Å². The summed E-state index contributed by atoms with van der Waals surface area (Å²) in [5.74, 6) is 0. The largest absolute Gasteiger partial charge is 0.378 e. The molecule has 1 aromatic carbocycles. The van der Waals surface area contributed by atoms with Gasteiger partial charge in [-0.15, -0.1) is 0 Å². The third kappa shape index (κ3) is 2.82. The van der Waals surface area contributed by atoms with Gasteiger partial charge >= 0.3 is 6.03 Å². The van der Waals surface area contributed by atoms with Crippen molar-refractivity contribution >= 4 is 11.7 Å². The molecule has 4 heteroatoms. The van der Waals surface area contributed by atoms with Crippen LogP contribution in [-0.2, 0) is 4.74 Å². The predicted octanol–water partition coefficient (Wildman–Crippen LogP) is 2.48. The van der Waals surface area contributed by atoms with Gasteiger partial charge in [0, 0.05) is 18.8 Å². The Morgan fingerprint density at radius 3 is 2.28 bits per heavy atom. The molecule has 0 spiro atoms. The maximum Gasteiger partial charge on any atom is 0.322 e. The summed E-state index contributed by atoms with van der Waals surface area (Å²) in [5, 5.41) is 3.01. The summed E-state index contributed by atoms with van der Waals surface area (Å²) in [5.41, 5.74) is 4.36. The molecule has 1 saturated heterocycles. The fourth-order valence-electron chi connectivity index (χ4n) is 2.33. The number of rotatable bonds is 1. The monoisotopic (exact) mass is 248 g/mol. The van der Waals surface area contributed by atoms with Crippen molar-refractivity contribution in [3.63, 3.8) is 0 Å². The van der Waals surface area contributed by atoms with Crippen molar-refractivity contribution < 1.29 is 9.53 Å². The molecule has 0 radical (unpaired) electrons. The van der Waals surface area contributed by atoms with Crippen LogP contribution in [0.1, 0.15) is 16.7 Å². The van der Waals surface area contributed by atoms with Crippen molar-refractivity contribution in [3.05, 3.63) is 28.8 Å². The molecule has 1 aliphatic rings. The van der Waals surface area contributed by atoms with Crippen LogP contribution >= 0.6 is 0 Å². The van der Waals surface area contributed by atoms with Gasteiger partial charge in [-0.05, 0) is 31.9 Å².